The number of aromatic hydroxyl groups is 1. The summed E-state index contributed by atoms with van der Waals surface area (Å²) in [4.78, 5) is 21.3. The van der Waals surface area contributed by atoms with Crippen molar-refractivity contribution in [2.24, 2.45) is 0 Å². The number of methoxy groups -OCH3 is 1. The molecule has 0 bridgehead atoms. The number of nitrogens with zero attached hydrogens (tertiary/aromatic N) is 3. The molecule has 1 saturated heterocycles. The van der Waals surface area contributed by atoms with Gasteiger partial charge in [-0.25, -0.2) is 4.98 Å². The third-order valence-corrected chi connectivity index (χ3v) is 5.58. The van der Waals surface area contributed by atoms with Crippen LogP contribution in [0.3, 0.4) is 0 Å². The number of hydrogen-bond donors (Lipinski definition) is 1. The lowest BCUT2D eigenvalue weighted by Gasteiger charge is -2.35. The Morgan fingerprint density at radius 3 is 2.67 bits per heavy atom. The number of aryl methyl sites for hydroxylation is 1. The highest BCUT2D eigenvalue weighted by Crippen LogP contribution is 2.33. The first kappa shape index (κ1) is 17.6. The lowest BCUT2D eigenvalue weighted by molar-refractivity contribution is 0.0743. The van der Waals surface area contributed by atoms with E-state index in [1.54, 1.807) is 19.4 Å². The molecule has 1 fully saturated rings. The first-order valence-corrected chi connectivity index (χ1v) is 9.55. The molecular weight excluding hydrogens is 342 g/mol. The van der Waals surface area contributed by atoms with Gasteiger partial charge in [-0.15, -0.1) is 0 Å². The molecule has 1 aromatic carbocycles. The molecule has 1 aliphatic carbocycles. The number of anilines is 1. The highest BCUT2D eigenvalue weighted by atomic mass is 16.5. The quantitative estimate of drug-likeness (QED) is 0.903. The van der Waals surface area contributed by atoms with E-state index in [4.69, 9.17) is 4.74 Å². The Labute approximate surface area is 159 Å². The van der Waals surface area contributed by atoms with Gasteiger partial charge in [0.15, 0.2) is 0 Å². The van der Waals surface area contributed by atoms with Crippen molar-refractivity contribution in [2.75, 3.05) is 38.2 Å². The standard InChI is InChI=1S/C21H25N3O3/c1-27-16-8-9-22-19(14-16)23-10-12-24(13-11-23)21(26)18-7-6-15-4-2-3-5-17(15)20(18)25/h6-9,14,25H,2-5,10-13H2,1H3. The van der Waals surface area contributed by atoms with Crippen LogP contribution in [0.25, 0.3) is 0 Å². The Morgan fingerprint density at radius 2 is 1.89 bits per heavy atom. The van der Waals surface area contributed by atoms with Crippen molar-refractivity contribution in [1.82, 2.24) is 9.88 Å². The fourth-order valence-electron chi connectivity index (χ4n) is 3.99. The number of carbonyl (C=O) groups is 1. The SMILES string of the molecule is COc1ccnc(N2CCN(C(=O)c3ccc4c(c3O)CCCC4)CC2)c1. The summed E-state index contributed by atoms with van der Waals surface area (Å²) in [6.07, 6.45) is 5.81. The number of ether oxygens (including phenoxy) is 1. The summed E-state index contributed by atoms with van der Waals surface area (Å²) in [5.41, 5.74) is 2.58. The summed E-state index contributed by atoms with van der Waals surface area (Å²) in [6, 6.07) is 7.53. The maximum atomic E-state index is 13.0. The highest BCUT2D eigenvalue weighted by molar-refractivity contribution is 5.97. The molecule has 1 amide bonds. The number of benzene rings is 1. The number of pyridine rings is 1. The molecular formula is C21H25N3O3. The van der Waals surface area contributed by atoms with Crippen LogP contribution in [-0.2, 0) is 12.8 Å². The molecule has 1 N–H and O–H groups in total. The number of fused-ring (bicyclic) bond motifs is 1. The third kappa shape index (κ3) is 3.44. The van der Waals surface area contributed by atoms with Crippen LogP contribution in [0, 0.1) is 0 Å². The Bertz CT molecular complexity index is 845. The van der Waals surface area contributed by atoms with Crippen molar-refractivity contribution in [3.8, 4) is 11.5 Å². The summed E-state index contributed by atoms with van der Waals surface area (Å²) in [6.45, 7) is 2.62. The van der Waals surface area contributed by atoms with E-state index in [9.17, 15) is 9.90 Å². The van der Waals surface area contributed by atoms with Crippen LogP contribution < -0.4 is 9.64 Å². The smallest absolute Gasteiger partial charge is 0.257 e. The van der Waals surface area contributed by atoms with Gasteiger partial charge < -0.3 is 19.6 Å². The zero-order chi connectivity index (χ0) is 18.8. The number of piperazine rings is 1. The molecule has 0 unspecified atom stereocenters. The Morgan fingerprint density at radius 1 is 1.11 bits per heavy atom. The van der Waals surface area contributed by atoms with Gasteiger partial charge in [0.05, 0.1) is 12.7 Å². The second-order valence-electron chi connectivity index (χ2n) is 7.14. The van der Waals surface area contributed by atoms with Crippen LogP contribution in [-0.4, -0.2) is 54.2 Å². The van der Waals surface area contributed by atoms with E-state index >= 15 is 0 Å². The second-order valence-corrected chi connectivity index (χ2v) is 7.14. The summed E-state index contributed by atoms with van der Waals surface area (Å²) >= 11 is 0. The first-order valence-electron chi connectivity index (χ1n) is 9.55. The van der Waals surface area contributed by atoms with E-state index in [2.05, 4.69) is 9.88 Å². The van der Waals surface area contributed by atoms with Crippen LogP contribution in [0.2, 0.25) is 0 Å². The van der Waals surface area contributed by atoms with E-state index < -0.39 is 0 Å². The Balaban J connectivity index is 1.46. The molecule has 0 radical (unpaired) electrons. The summed E-state index contributed by atoms with van der Waals surface area (Å²) in [7, 11) is 1.64. The molecule has 2 aliphatic rings. The number of hydrogen-bond acceptors (Lipinski definition) is 5. The predicted octanol–water partition coefficient (Wildman–Crippen LogP) is 2.64. The molecule has 2 aromatic rings. The second kappa shape index (κ2) is 7.47. The molecule has 0 saturated carbocycles. The van der Waals surface area contributed by atoms with Crippen molar-refractivity contribution in [1.29, 1.82) is 0 Å². The topological polar surface area (TPSA) is 65.9 Å². The van der Waals surface area contributed by atoms with Crippen molar-refractivity contribution in [2.45, 2.75) is 25.7 Å². The largest absolute Gasteiger partial charge is 0.507 e. The molecule has 6 nitrogen and oxygen atoms in total. The number of rotatable bonds is 3. The van der Waals surface area contributed by atoms with Gasteiger partial charge in [-0.3, -0.25) is 4.79 Å². The summed E-state index contributed by atoms with van der Waals surface area (Å²) in [5.74, 6) is 1.74. The number of phenols is 1. The van der Waals surface area contributed by atoms with Crippen LogP contribution in [0.5, 0.6) is 11.5 Å². The van der Waals surface area contributed by atoms with E-state index in [0.29, 0.717) is 31.7 Å². The monoisotopic (exact) mass is 367 g/mol. The van der Waals surface area contributed by atoms with Gasteiger partial charge in [0.1, 0.15) is 17.3 Å². The van der Waals surface area contributed by atoms with Crippen molar-refractivity contribution in [3.63, 3.8) is 0 Å². The zero-order valence-corrected chi connectivity index (χ0v) is 15.6. The molecule has 142 valence electrons. The molecule has 2 heterocycles. The Kier molecular flexibility index (Phi) is 4.88. The molecule has 1 aromatic heterocycles. The van der Waals surface area contributed by atoms with Crippen LogP contribution >= 0.6 is 0 Å². The van der Waals surface area contributed by atoms with Crippen molar-refractivity contribution < 1.29 is 14.6 Å². The number of phenolic OH excluding ortho intramolecular Hbond substituents is 1. The minimum Gasteiger partial charge on any atom is -0.507 e. The molecule has 0 atom stereocenters. The maximum Gasteiger partial charge on any atom is 0.257 e. The first-order chi connectivity index (χ1) is 13.2. The van der Waals surface area contributed by atoms with Gasteiger partial charge >= 0.3 is 0 Å². The summed E-state index contributed by atoms with van der Waals surface area (Å²) < 4.78 is 5.26. The minimum absolute atomic E-state index is 0.0841. The third-order valence-electron chi connectivity index (χ3n) is 5.58. The maximum absolute atomic E-state index is 13.0. The normalized spacial score (nSPS) is 16.8. The van der Waals surface area contributed by atoms with Crippen molar-refractivity contribution in [3.05, 3.63) is 47.2 Å². The van der Waals surface area contributed by atoms with Crippen LogP contribution in [0.4, 0.5) is 5.82 Å². The van der Waals surface area contributed by atoms with Crippen LogP contribution in [0.1, 0.15) is 34.3 Å². The number of amides is 1. The van der Waals surface area contributed by atoms with E-state index in [1.807, 2.05) is 23.1 Å². The van der Waals surface area contributed by atoms with Crippen molar-refractivity contribution >= 4 is 11.7 Å². The number of aromatic nitrogens is 1. The van der Waals surface area contributed by atoms with Gasteiger partial charge in [0, 0.05) is 38.4 Å². The van der Waals surface area contributed by atoms with Gasteiger partial charge in [-0.1, -0.05) is 6.07 Å². The van der Waals surface area contributed by atoms with Gasteiger partial charge in [0.2, 0.25) is 0 Å². The average Bonchev–Trinajstić information content (AvgIpc) is 2.74. The summed E-state index contributed by atoms with van der Waals surface area (Å²) in [5, 5.41) is 10.6. The number of carbonyl (C=O) groups excluding carboxylic acids is 1. The Hall–Kier alpha value is -2.76. The van der Waals surface area contributed by atoms with E-state index in [-0.39, 0.29) is 11.7 Å². The van der Waals surface area contributed by atoms with Gasteiger partial charge in [-0.2, -0.15) is 0 Å². The highest BCUT2D eigenvalue weighted by Gasteiger charge is 2.26. The fraction of sp³-hybridized carbons (Fsp3) is 0.429. The zero-order valence-electron chi connectivity index (χ0n) is 15.6. The molecule has 1 aliphatic heterocycles. The van der Waals surface area contributed by atoms with Crippen LogP contribution in [0.15, 0.2) is 30.5 Å². The lowest BCUT2D eigenvalue weighted by atomic mass is 9.89. The predicted molar refractivity (Wildman–Crippen MR) is 104 cm³/mol. The molecule has 4 rings (SSSR count). The molecule has 27 heavy (non-hydrogen) atoms. The molecule has 6 heteroatoms. The van der Waals surface area contributed by atoms with E-state index in [1.165, 1.54) is 5.56 Å². The van der Waals surface area contributed by atoms with E-state index in [0.717, 1.165) is 42.8 Å². The van der Waals surface area contributed by atoms with Gasteiger partial charge in [-0.05, 0) is 48.9 Å². The lowest BCUT2D eigenvalue weighted by Crippen LogP contribution is -2.49. The minimum atomic E-state index is -0.0841. The fourth-order valence-corrected chi connectivity index (χ4v) is 3.99. The molecule has 0 spiro atoms. The van der Waals surface area contributed by atoms with Gasteiger partial charge in [0.25, 0.3) is 5.91 Å². The average molecular weight is 367 g/mol.